The van der Waals surface area contributed by atoms with Crippen molar-refractivity contribution < 1.29 is 9.59 Å². The maximum Gasteiger partial charge on any atom is 0.197 e. The molecular weight excluding hydrogens is 466 g/mol. The summed E-state index contributed by atoms with van der Waals surface area (Å²) in [5, 5.41) is 0. The Balaban J connectivity index is 1.35. The summed E-state index contributed by atoms with van der Waals surface area (Å²) in [6, 6.07) is 42.2. The van der Waals surface area contributed by atoms with Crippen molar-refractivity contribution in [3.63, 3.8) is 0 Å². The molecule has 0 aliphatic heterocycles. The number of ketones is 2. The molecule has 38 heavy (non-hydrogen) atoms. The van der Waals surface area contributed by atoms with Crippen LogP contribution in [0, 0.1) is 6.92 Å². The number of hydrogen-bond donors (Lipinski definition) is 0. The molecule has 3 nitrogen and oxygen atoms in total. The monoisotopic (exact) mass is 491 g/mol. The number of anilines is 3. The molecule has 0 radical (unpaired) electrons. The van der Waals surface area contributed by atoms with E-state index in [1.807, 2.05) is 42.5 Å². The highest BCUT2D eigenvalue weighted by atomic mass is 16.2. The van der Waals surface area contributed by atoms with Crippen molar-refractivity contribution in [3.8, 4) is 11.1 Å². The van der Waals surface area contributed by atoms with Crippen molar-refractivity contribution >= 4 is 34.7 Å². The van der Waals surface area contributed by atoms with E-state index in [-0.39, 0.29) is 17.1 Å². The van der Waals surface area contributed by atoms with Crippen LogP contribution in [-0.2, 0) is 0 Å². The number of rotatable bonds is 5. The van der Waals surface area contributed by atoms with E-state index in [0.29, 0.717) is 11.1 Å². The fourth-order valence-corrected chi connectivity index (χ4v) is 4.86. The fourth-order valence-electron chi connectivity index (χ4n) is 4.86. The normalized spacial score (nSPS) is 12.4. The second-order valence-corrected chi connectivity index (χ2v) is 9.44. The molecule has 0 saturated carbocycles. The molecular formula is C35H25NO2. The van der Waals surface area contributed by atoms with Gasteiger partial charge in [0, 0.05) is 28.2 Å². The summed E-state index contributed by atoms with van der Waals surface area (Å²) < 4.78 is 0. The maximum atomic E-state index is 12.8. The maximum absolute atomic E-state index is 12.8. The van der Waals surface area contributed by atoms with Gasteiger partial charge in [-0.25, -0.2) is 0 Å². The standard InChI is InChI=1S/C35H25NO2/c1-24-11-17-28(18-12-24)36(30-21-15-27(16-22-30)26-7-3-2-4-8-26)29-19-13-25(14-20-29)23-33-34(37)31-9-5-6-10-32(31)35(33)38/h2-23H,1H3. The largest absolute Gasteiger partial charge is 0.311 e. The smallest absolute Gasteiger partial charge is 0.197 e. The molecule has 3 heteroatoms. The van der Waals surface area contributed by atoms with Crippen LogP contribution >= 0.6 is 0 Å². The van der Waals surface area contributed by atoms with Crippen molar-refractivity contribution in [2.45, 2.75) is 6.92 Å². The molecule has 5 aromatic carbocycles. The van der Waals surface area contributed by atoms with Gasteiger partial charge in [0.05, 0.1) is 5.57 Å². The predicted octanol–water partition coefficient (Wildman–Crippen LogP) is 8.59. The molecule has 0 aromatic heterocycles. The Morgan fingerprint density at radius 1 is 0.500 bits per heavy atom. The van der Waals surface area contributed by atoms with E-state index in [1.54, 1.807) is 30.3 Å². The lowest BCUT2D eigenvalue weighted by Crippen LogP contribution is -2.09. The quantitative estimate of drug-likeness (QED) is 0.182. The first kappa shape index (κ1) is 23.4. The second-order valence-electron chi connectivity index (χ2n) is 9.44. The number of hydrogen-bond acceptors (Lipinski definition) is 3. The third-order valence-electron chi connectivity index (χ3n) is 6.89. The van der Waals surface area contributed by atoms with E-state index in [0.717, 1.165) is 28.2 Å². The SMILES string of the molecule is Cc1ccc(N(c2ccc(C=C3C(=O)c4ccccc4C3=O)cc2)c2ccc(-c3ccccc3)cc2)cc1. The van der Waals surface area contributed by atoms with Gasteiger partial charge in [-0.3, -0.25) is 9.59 Å². The van der Waals surface area contributed by atoms with Gasteiger partial charge in [0.15, 0.2) is 11.6 Å². The summed E-state index contributed by atoms with van der Waals surface area (Å²) in [6.07, 6.45) is 1.69. The summed E-state index contributed by atoms with van der Waals surface area (Å²) in [7, 11) is 0. The molecule has 0 heterocycles. The Kier molecular flexibility index (Phi) is 6.03. The first-order valence-electron chi connectivity index (χ1n) is 12.6. The average Bonchev–Trinajstić information content (AvgIpc) is 3.21. The van der Waals surface area contributed by atoms with Crippen molar-refractivity contribution in [2.24, 2.45) is 0 Å². The van der Waals surface area contributed by atoms with Gasteiger partial charge in [-0.2, -0.15) is 0 Å². The fraction of sp³-hybridized carbons (Fsp3) is 0.0286. The van der Waals surface area contributed by atoms with Crippen molar-refractivity contribution in [1.29, 1.82) is 0 Å². The highest BCUT2D eigenvalue weighted by Gasteiger charge is 2.32. The van der Waals surface area contributed by atoms with Crippen LogP contribution < -0.4 is 4.90 Å². The molecule has 0 unspecified atom stereocenters. The molecule has 6 rings (SSSR count). The summed E-state index contributed by atoms with van der Waals surface area (Å²) in [4.78, 5) is 27.8. The predicted molar refractivity (Wildman–Crippen MR) is 154 cm³/mol. The van der Waals surface area contributed by atoms with Crippen LogP contribution in [-0.4, -0.2) is 11.6 Å². The Hall–Kier alpha value is -5.02. The second kappa shape index (κ2) is 9.79. The van der Waals surface area contributed by atoms with Gasteiger partial charge in [0.2, 0.25) is 0 Å². The summed E-state index contributed by atoms with van der Waals surface area (Å²) in [5.74, 6) is -0.427. The van der Waals surface area contributed by atoms with Crippen LogP contribution in [0.2, 0.25) is 0 Å². The molecule has 1 aliphatic rings. The zero-order valence-corrected chi connectivity index (χ0v) is 21.0. The number of nitrogens with zero attached hydrogens (tertiary/aromatic N) is 1. The number of carbonyl (C=O) groups excluding carboxylic acids is 2. The van der Waals surface area contributed by atoms with Crippen LogP contribution in [0.3, 0.4) is 0 Å². The Morgan fingerprint density at radius 2 is 0.947 bits per heavy atom. The van der Waals surface area contributed by atoms with E-state index >= 15 is 0 Å². The van der Waals surface area contributed by atoms with E-state index in [1.165, 1.54) is 11.1 Å². The molecule has 182 valence electrons. The first-order chi connectivity index (χ1) is 18.6. The highest BCUT2D eigenvalue weighted by Crippen LogP contribution is 2.36. The molecule has 0 saturated heterocycles. The Bertz CT molecular complexity index is 1630. The van der Waals surface area contributed by atoms with Gasteiger partial charge in [0.25, 0.3) is 0 Å². The molecule has 0 fully saturated rings. The summed E-state index contributed by atoms with van der Waals surface area (Å²) in [5.41, 5.74) is 8.57. The molecule has 0 spiro atoms. The molecule has 0 atom stereocenters. The number of carbonyl (C=O) groups is 2. The summed E-state index contributed by atoms with van der Waals surface area (Å²) >= 11 is 0. The van der Waals surface area contributed by atoms with Crippen molar-refractivity contribution in [3.05, 3.63) is 155 Å². The van der Waals surface area contributed by atoms with E-state index in [4.69, 9.17) is 0 Å². The van der Waals surface area contributed by atoms with Crippen molar-refractivity contribution in [1.82, 2.24) is 0 Å². The molecule has 0 N–H and O–H groups in total. The van der Waals surface area contributed by atoms with Gasteiger partial charge in [-0.05, 0) is 66.1 Å². The number of benzene rings is 5. The van der Waals surface area contributed by atoms with Gasteiger partial charge in [0.1, 0.15) is 0 Å². The highest BCUT2D eigenvalue weighted by molar-refractivity contribution is 6.41. The van der Waals surface area contributed by atoms with Gasteiger partial charge >= 0.3 is 0 Å². The van der Waals surface area contributed by atoms with E-state index in [2.05, 4.69) is 72.5 Å². The van der Waals surface area contributed by atoms with Crippen molar-refractivity contribution in [2.75, 3.05) is 4.90 Å². The lowest BCUT2D eigenvalue weighted by Gasteiger charge is -2.26. The average molecular weight is 492 g/mol. The minimum absolute atomic E-state index is 0.213. The van der Waals surface area contributed by atoms with E-state index < -0.39 is 0 Å². The van der Waals surface area contributed by atoms with E-state index in [9.17, 15) is 9.59 Å². The lowest BCUT2D eigenvalue weighted by molar-refractivity contribution is 0.0990. The summed E-state index contributed by atoms with van der Waals surface area (Å²) in [6.45, 7) is 2.08. The number of Topliss-reactive ketones (excluding diaryl/α,β-unsaturated/α-hetero) is 2. The third kappa shape index (κ3) is 4.35. The van der Waals surface area contributed by atoms with Crippen LogP contribution in [0.1, 0.15) is 31.8 Å². The molecule has 5 aromatic rings. The lowest BCUT2D eigenvalue weighted by atomic mass is 10.0. The number of aryl methyl sites for hydroxylation is 1. The number of allylic oxidation sites excluding steroid dienone is 1. The first-order valence-corrected chi connectivity index (χ1v) is 12.6. The Labute approximate surface area is 222 Å². The Morgan fingerprint density at radius 3 is 1.50 bits per heavy atom. The van der Waals surface area contributed by atoms with Gasteiger partial charge < -0.3 is 4.90 Å². The molecule has 0 bridgehead atoms. The van der Waals surface area contributed by atoms with Gasteiger partial charge in [-0.15, -0.1) is 0 Å². The number of fused-ring (bicyclic) bond motifs is 1. The third-order valence-corrected chi connectivity index (χ3v) is 6.89. The minimum Gasteiger partial charge on any atom is -0.311 e. The van der Waals surface area contributed by atoms with Crippen LogP contribution in [0.5, 0.6) is 0 Å². The van der Waals surface area contributed by atoms with Crippen LogP contribution in [0.15, 0.2) is 133 Å². The zero-order chi connectivity index (χ0) is 26.1. The molecule has 0 amide bonds. The van der Waals surface area contributed by atoms with Gasteiger partial charge in [-0.1, -0.05) is 96.6 Å². The van der Waals surface area contributed by atoms with Crippen LogP contribution in [0.4, 0.5) is 17.1 Å². The topological polar surface area (TPSA) is 37.4 Å². The molecule has 1 aliphatic carbocycles. The minimum atomic E-state index is -0.213. The zero-order valence-electron chi connectivity index (χ0n) is 21.0. The van der Waals surface area contributed by atoms with Crippen LogP contribution in [0.25, 0.3) is 17.2 Å².